The normalized spacial score (nSPS) is 22.0. The van der Waals surface area contributed by atoms with E-state index in [1.165, 1.54) is 12.1 Å². The summed E-state index contributed by atoms with van der Waals surface area (Å²) in [5, 5.41) is 12.1. The fraction of sp³-hybridized carbons (Fsp3) is 0.562. The van der Waals surface area contributed by atoms with Gasteiger partial charge in [-0.15, -0.1) is 0 Å². The van der Waals surface area contributed by atoms with Crippen LogP contribution in [-0.4, -0.2) is 41.7 Å². The van der Waals surface area contributed by atoms with Gasteiger partial charge in [0.2, 0.25) is 5.91 Å². The van der Waals surface area contributed by atoms with Gasteiger partial charge in [0.1, 0.15) is 5.82 Å². The van der Waals surface area contributed by atoms with E-state index in [2.05, 4.69) is 10.2 Å². The molecule has 21 heavy (non-hydrogen) atoms. The lowest BCUT2D eigenvalue weighted by atomic mass is 10.1. The van der Waals surface area contributed by atoms with E-state index in [4.69, 9.17) is 5.11 Å². The Morgan fingerprint density at radius 1 is 1.43 bits per heavy atom. The quantitative estimate of drug-likeness (QED) is 0.869. The summed E-state index contributed by atoms with van der Waals surface area (Å²) in [5.41, 5.74) is 0.881. The first kappa shape index (κ1) is 15.9. The summed E-state index contributed by atoms with van der Waals surface area (Å²) in [4.78, 5) is 14.4. The smallest absolute Gasteiger partial charge is 0.237 e. The van der Waals surface area contributed by atoms with Crippen LogP contribution in [0.1, 0.15) is 31.9 Å². The number of amides is 1. The van der Waals surface area contributed by atoms with Crippen LogP contribution in [0.2, 0.25) is 0 Å². The molecule has 5 heteroatoms. The molecule has 1 fully saturated rings. The second-order valence-corrected chi connectivity index (χ2v) is 5.79. The monoisotopic (exact) mass is 294 g/mol. The first-order chi connectivity index (χ1) is 10.0. The molecule has 1 aliphatic heterocycles. The van der Waals surface area contributed by atoms with Crippen LogP contribution in [0.3, 0.4) is 0 Å². The van der Waals surface area contributed by atoms with Crippen LogP contribution >= 0.6 is 0 Å². The van der Waals surface area contributed by atoms with E-state index in [0.29, 0.717) is 0 Å². The molecule has 1 saturated heterocycles. The molecule has 2 rings (SSSR count). The molecule has 0 radical (unpaired) electrons. The third-order valence-electron chi connectivity index (χ3n) is 4.23. The van der Waals surface area contributed by atoms with Gasteiger partial charge in [-0.1, -0.05) is 12.1 Å². The minimum Gasteiger partial charge on any atom is -0.396 e. The molecule has 3 unspecified atom stereocenters. The maximum absolute atomic E-state index is 12.9. The van der Waals surface area contributed by atoms with Crippen molar-refractivity contribution in [2.24, 2.45) is 5.92 Å². The highest BCUT2D eigenvalue weighted by Gasteiger charge is 2.29. The van der Waals surface area contributed by atoms with E-state index in [1.807, 2.05) is 13.8 Å². The first-order valence-electron chi connectivity index (χ1n) is 7.42. The lowest BCUT2D eigenvalue weighted by Gasteiger charge is -2.25. The van der Waals surface area contributed by atoms with Crippen LogP contribution in [0.5, 0.6) is 0 Å². The molecule has 1 heterocycles. The fourth-order valence-corrected chi connectivity index (χ4v) is 2.70. The maximum atomic E-state index is 12.9. The Bertz CT molecular complexity index is 478. The zero-order valence-electron chi connectivity index (χ0n) is 12.6. The van der Waals surface area contributed by atoms with Crippen LogP contribution in [0.15, 0.2) is 24.3 Å². The first-order valence-corrected chi connectivity index (χ1v) is 7.42. The molecule has 116 valence electrons. The molecule has 1 aliphatic rings. The number of benzene rings is 1. The summed E-state index contributed by atoms with van der Waals surface area (Å²) in [6, 6.07) is 5.79. The van der Waals surface area contributed by atoms with Crippen LogP contribution < -0.4 is 5.32 Å². The number of carbonyl (C=O) groups excluding carboxylic acids is 1. The number of rotatable bonds is 5. The molecule has 4 nitrogen and oxygen atoms in total. The van der Waals surface area contributed by atoms with Gasteiger partial charge in [0.25, 0.3) is 0 Å². The summed E-state index contributed by atoms with van der Waals surface area (Å²) < 4.78 is 12.9. The van der Waals surface area contributed by atoms with Crippen molar-refractivity contribution in [3.05, 3.63) is 35.6 Å². The fourth-order valence-electron chi connectivity index (χ4n) is 2.70. The highest BCUT2D eigenvalue weighted by Crippen LogP contribution is 2.19. The number of hydrogen-bond acceptors (Lipinski definition) is 3. The molecule has 1 aromatic rings. The van der Waals surface area contributed by atoms with E-state index >= 15 is 0 Å². The van der Waals surface area contributed by atoms with Crippen molar-refractivity contribution < 1.29 is 14.3 Å². The van der Waals surface area contributed by atoms with E-state index < -0.39 is 0 Å². The van der Waals surface area contributed by atoms with Crippen LogP contribution in [0.25, 0.3) is 0 Å². The minimum atomic E-state index is -0.280. The molecule has 3 atom stereocenters. The van der Waals surface area contributed by atoms with Crippen molar-refractivity contribution in [2.75, 3.05) is 19.7 Å². The molecule has 0 spiro atoms. The summed E-state index contributed by atoms with van der Waals surface area (Å²) >= 11 is 0. The summed E-state index contributed by atoms with van der Waals surface area (Å²) in [6.07, 6.45) is 0.932. The number of nitrogens with zero attached hydrogens (tertiary/aromatic N) is 1. The van der Waals surface area contributed by atoms with Gasteiger partial charge in [0.05, 0.1) is 12.1 Å². The molecule has 0 aromatic heterocycles. The van der Waals surface area contributed by atoms with Crippen molar-refractivity contribution in [3.63, 3.8) is 0 Å². The molecule has 0 bridgehead atoms. The van der Waals surface area contributed by atoms with E-state index in [0.717, 1.165) is 25.1 Å². The largest absolute Gasteiger partial charge is 0.396 e. The van der Waals surface area contributed by atoms with Crippen molar-refractivity contribution >= 4 is 5.91 Å². The number of halogens is 1. The van der Waals surface area contributed by atoms with Crippen molar-refractivity contribution in [3.8, 4) is 0 Å². The Morgan fingerprint density at radius 3 is 2.67 bits per heavy atom. The standard InChI is InChI=1S/C16H23FN2O2/c1-11(14-3-5-15(17)6-4-14)18-16(21)12(2)19-8-7-13(9-19)10-20/h3-6,11-13,20H,7-10H2,1-2H3,(H,18,21). The number of aliphatic hydroxyl groups is 1. The van der Waals surface area contributed by atoms with Gasteiger partial charge in [-0.3, -0.25) is 9.69 Å². The average molecular weight is 294 g/mol. The van der Waals surface area contributed by atoms with Crippen molar-refractivity contribution in [1.82, 2.24) is 10.2 Å². The van der Waals surface area contributed by atoms with Gasteiger partial charge >= 0.3 is 0 Å². The van der Waals surface area contributed by atoms with Crippen molar-refractivity contribution in [1.29, 1.82) is 0 Å². The van der Waals surface area contributed by atoms with E-state index in [9.17, 15) is 9.18 Å². The third-order valence-corrected chi connectivity index (χ3v) is 4.23. The van der Waals surface area contributed by atoms with Gasteiger partial charge in [-0.2, -0.15) is 0 Å². The van der Waals surface area contributed by atoms with Gasteiger partial charge in [-0.05, 0) is 50.4 Å². The average Bonchev–Trinajstić information content (AvgIpc) is 2.95. The SMILES string of the molecule is CC(NC(=O)C(C)N1CCC(CO)C1)c1ccc(F)cc1. The summed E-state index contributed by atoms with van der Waals surface area (Å²) in [7, 11) is 0. The predicted octanol–water partition coefficient (Wildman–Crippen LogP) is 1.71. The lowest BCUT2D eigenvalue weighted by molar-refractivity contribution is -0.126. The molecular formula is C16H23FN2O2. The van der Waals surface area contributed by atoms with Crippen molar-refractivity contribution in [2.45, 2.75) is 32.4 Å². The zero-order chi connectivity index (χ0) is 15.4. The third kappa shape index (κ3) is 4.02. The Balaban J connectivity index is 1.90. The molecule has 1 aromatic carbocycles. The van der Waals surface area contributed by atoms with E-state index in [-0.39, 0.29) is 36.3 Å². The summed E-state index contributed by atoms with van der Waals surface area (Å²) in [6.45, 7) is 5.54. The second kappa shape index (κ2) is 7.00. The highest BCUT2D eigenvalue weighted by molar-refractivity contribution is 5.81. The van der Waals surface area contributed by atoms with Gasteiger partial charge in [0, 0.05) is 13.2 Å². The molecule has 1 amide bonds. The topological polar surface area (TPSA) is 52.6 Å². The number of aliphatic hydroxyl groups excluding tert-OH is 1. The second-order valence-electron chi connectivity index (χ2n) is 5.79. The molecular weight excluding hydrogens is 271 g/mol. The number of nitrogens with one attached hydrogen (secondary N) is 1. The summed E-state index contributed by atoms with van der Waals surface area (Å²) in [5.74, 6) is -0.0436. The zero-order valence-corrected chi connectivity index (χ0v) is 12.6. The highest BCUT2D eigenvalue weighted by atomic mass is 19.1. The van der Waals surface area contributed by atoms with Crippen LogP contribution in [-0.2, 0) is 4.79 Å². The van der Waals surface area contributed by atoms with E-state index in [1.54, 1.807) is 12.1 Å². The van der Waals surface area contributed by atoms with Crippen LogP contribution in [0, 0.1) is 11.7 Å². The Labute approximate surface area is 125 Å². The maximum Gasteiger partial charge on any atom is 0.237 e. The molecule has 2 N–H and O–H groups in total. The minimum absolute atomic E-state index is 0.0367. The van der Waals surface area contributed by atoms with Crippen LogP contribution in [0.4, 0.5) is 4.39 Å². The van der Waals surface area contributed by atoms with Gasteiger partial charge in [-0.25, -0.2) is 4.39 Å². The Morgan fingerprint density at radius 2 is 2.10 bits per heavy atom. The number of carbonyl (C=O) groups is 1. The number of likely N-dealkylation sites (tertiary alicyclic amines) is 1. The predicted molar refractivity (Wildman–Crippen MR) is 79.2 cm³/mol. The van der Waals surface area contributed by atoms with Gasteiger partial charge < -0.3 is 10.4 Å². The Kier molecular flexibility index (Phi) is 5.31. The lowest BCUT2D eigenvalue weighted by Crippen LogP contribution is -2.44. The molecule has 0 saturated carbocycles. The number of hydrogen-bond donors (Lipinski definition) is 2. The Hall–Kier alpha value is -1.46. The van der Waals surface area contributed by atoms with Gasteiger partial charge in [0.15, 0.2) is 0 Å². The molecule has 0 aliphatic carbocycles.